The van der Waals surface area contributed by atoms with Gasteiger partial charge in [0.05, 0.1) is 20.6 Å². The van der Waals surface area contributed by atoms with Crippen molar-refractivity contribution in [2.45, 2.75) is 6.42 Å². The van der Waals surface area contributed by atoms with Gasteiger partial charge < -0.3 is 55.2 Å². The second-order valence-corrected chi connectivity index (χ2v) is 8.19. The van der Waals surface area contributed by atoms with Gasteiger partial charge in [0.1, 0.15) is 26.3 Å². The summed E-state index contributed by atoms with van der Waals surface area (Å²) in [6, 6.07) is 10.4. The van der Waals surface area contributed by atoms with Crippen LogP contribution >= 0.6 is 0 Å². The first-order chi connectivity index (χ1) is 18.7. The predicted octanol–water partition coefficient (Wildman–Crippen LogP) is -5.87. The Hall–Kier alpha value is -4.10. The molecule has 0 spiro atoms. The Bertz CT molecular complexity index is 1160. The number of ketones is 2. The zero-order valence-electron chi connectivity index (χ0n) is 22.8. The molecule has 2 rings (SSSR count). The van der Waals surface area contributed by atoms with Gasteiger partial charge in [0.25, 0.3) is 11.9 Å². The lowest BCUT2D eigenvalue weighted by molar-refractivity contribution is -0.544. The maximum absolute atomic E-state index is 12.3. The van der Waals surface area contributed by atoms with E-state index < -0.39 is 0 Å². The number of allylic oxidation sites excluding steroid dienone is 2. The van der Waals surface area contributed by atoms with Gasteiger partial charge in [-0.2, -0.15) is 0 Å². The fourth-order valence-corrected chi connectivity index (χ4v) is 3.25. The van der Waals surface area contributed by atoms with Crippen LogP contribution in [0.1, 0.15) is 20.4 Å². The van der Waals surface area contributed by atoms with E-state index in [9.17, 15) is 9.59 Å². The molecule has 0 bridgehead atoms. The van der Waals surface area contributed by atoms with Crippen LogP contribution in [0.15, 0.2) is 48.6 Å². The zero-order valence-corrected chi connectivity index (χ0v) is 24.3. The zero-order chi connectivity index (χ0) is 28.6. The standard InChI is InChI=1S/C27H34N6O6.2ClH.2H2/c1-36-24-15-18(5-9-22(24)38-13-11-32-26(28)29)3-7-20(34)17-21(35)8-4-19-6-10-23(25(16-19)37-2)39-14-12-33-27(30)31;;;;/h3-10,15-16H,11-14,17H2,1-2H3,(H4,28,29,32)(H4,30,31,33);4*1H/b7-3+,8-4+;;;;. The summed E-state index contributed by atoms with van der Waals surface area (Å²) in [5, 5.41) is 17.5. The van der Waals surface area contributed by atoms with Crippen molar-refractivity contribution < 1.29 is 66.8 Å². The van der Waals surface area contributed by atoms with Crippen molar-refractivity contribution in [3.05, 3.63) is 59.7 Å². The first-order valence-electron chi connectivity index (χ1n) is 12.1. The maximum Gasteiger partial charge on any atom is 0.288 e. The number of benzene rings is 2. The molecule has 0 aromatic heterocycles. The Morgan fingerprint density at radius 1 is 0.756 bits per heavy atom. The smallest absolute Gasteiger partial charge is 0.288 e. The van der Waals surface area contributed by atoms with Gasteiger partial charge in [-0.25, -0.2) is 10.8 Å². The third kappa shape index (κ3) is 14.2. The average molecular weight is 616 g/mol. The summed E-state index contributed by atoms with van der Waals surface area (Å²) in [4.78, 5) is 24.6. The number of nitrogens with two attached hydrogens (primary N) is 4. The highest BCUT2D eigenvalue weighted by Crippen LogP contribution is 2.29. The summed E-state index contributed by atoms with van der Waals surface area (Å²) >= 11 is 0. The van der Waals surface area contributed by atoms with Crippen LogP contribution in [0.25, 0.3) is 12.2 Å². The topological polar surface area (TPSA) is 204 Å². The number of rotatable bonds is 16. The molecule has 10 N–H and O–H groups in total. The molecule has 41 heavy (non-hydrogen) atoms. The van der Waals surface area contributed by atoms with Crippen LogP contribution in [0.4, 0.5) is 0 Å². The summed E-state index contributed by atoms with van der Waals surface area (Å²) in [6.07, 6.45) is 5.63. The fourth-order valence-electron chi connectivity index (χ4n) is 3.25. The van der Waals surface area contributed by atoms with Gasteiger partial charge in [-0.1, -0.05) is 24.3 Å². The molecule has 0 saturated heterocycles. The van der Waals surface area contributed by atoms with E-state index in [2.05, 4.69) is 0 Å². The van der Waals surface area contributed by atoms with Gasteiger partial charge in [-0.05, 0) is 47.5 Å². The summed E-state index contributed by atoms with van der Waals surface area (Å²) in [5.74, 6) is 1.34. The monoisotopic (exact) mass is 614 g/mol. The van der Waals surface area contributed by atoms with E-state index in [1.54, 1.807) is 59.2 Å². The first kappa shape index (κ1) is 36.9. The number of guanidine groups is 2. The number of hydrogen-bond donors (Lipinski definition) is 6. The summed E-state index contributed by atoms with van der Waals surface area (Å²) in [5.41, 5.74) is 12.0. The van der Waals surface area contributed by atoms with Crippen LogP contribution in [0, 0.1) is 10.8 Å². The second-order valence-electron chi connectivity index (χ2n) is 8.19. The largest absolute Gasteiger partial charge is 1.00 e. The van der Waals surface area contributed by atoms with E-state index in [1.807, 2.05) is 0 Å². The second kappa shape index (κ2) is 19.9. The minimum Gasteiger partial charge on any atom is -1.00 e. The van der Waals surface area contributed by atoms with Crippen molar-refractivity contribution >= 4 is 35.6 Å². The molecule has 12 nitrogen and oxygen atoms in total. The quantitative estimate of drug-likeness (QED) is 0.0352. The van der Waals surface area contributed by atoms with Gasteiger partial charge in [0.2, 0.25) is 0 Å². The van der Waals surface area contributed by atoms with Gasteiger partial charge in [-0.3, -0.25) is 20.2 Å². The number of nitrogens with one attached hydrogen (secondary N) is 2. The fraction of sp³-hybridized carbons (Fsp3) is 0.259. The number of hydrogen-bond acceptors (Lipinski definition) is 8. The highest BCUT2D eigenvalue weighted by atomic mass is 35.5. The Kier molecular flexibility index (Phi) is 17.9. The van der Waals surface area contributed by atoms with Crippen molar-refractivity contribution in [2.75, 3.05) is 40.5 Å². The normalized spacial score (nSPS) is 10.4. The van der Waals surface area contributed by atoms with Crippen molar-refractivity contribution in [2.24, 2.45) is 11.5 Å². The predicted molar refractivity (Wildman–Crippen MR) is 151 cm³/mol. The molecule has 0 heterocycles. The maximum atomic E-state index is 12.3. The Morgan fingerprint density at radius 2 is 1.15 bits per heavy atom. The summed E-state index contributed by atoms with van der Waals surface area (Å²) < 4.78 is 22.0. The molecule has 2 aromatic carbocycles. The number of ether oxygens (including phenoxy) is 4. The van der Waals surface area contributed by atoms with Crippen LogP contribution in [-0.2, 0) is 9.59 Å². The van der Waals surface area contributed by atoms with Crippen LogP contribution in [0.5, 0.6) is 23.0 Å². The average Bonchev–Trinajstić information content (AvgIpc) is 2.91. The molecule has 0 unspecified atom stereocenters. The first-order valence-corrected chi connectivity index (χ1v) is 12.1. The van der Waals surface area contributed by atoms with E-state index in [0.717, 1.165) is 0 Å². The highest BCUT2D eigenvalue weighted by Gasteiger charge is 2.09. The van der Waals surface area contributed by atoms with Crippen LogP contribution < -0.4 is 65.9 Å². The van der Waals surface area contributed by atoms with E-state index >= 15 is 0 Å². The molecule has 14 heteroatoms. The van der Waals surface area contributed by atoms with Crippen molar-refractivity contribution in [1.29, 1.82) is 10.8 Å². The van der Waals surface area contributed by atoms with Crippen molar-refractivity contribution in [3.8, 4) is 23.0 Å². The minimum atomic E-state index is -0.340. The third-order valence-electron chi connectivity index (χ3n) is 5.13. The van der Waals surface area contributed by atoms with E-state index in [4.69, 9.17) is 41.2 Å². The van der Waals surface area contributed by atoms with Crippen LogP contribution in [0.3, 0.4) is 0 Å². The molecular formula is C27H40Cl2N6O6. The van der Waals surface area contributed by atoms with Crippen molar-refractivity contribution in [3.63, 3.8) is 0 Å². The molecule has 0 atom stereocenters. The van der Waals surface area contributed by atoms with Gasteiger partial charge in [0.15, 0.2) is 34.6 Å². The Balaban J connectivity index is -0.00000400. The van der Waals surface area contributed by atoms with Gasteiger partial charge in [-0.15, -0.1) is 0 Å². The Labute approximate surface area is 254 Å². The lowest BCUT2D eigenvalue weighted by atomic mass is 10.1. The minimum absolute atomic E-state index is 0. The van der Waals surface area contributed by atoms with Crippen LogP contribution in [-0.4, -0.2) is 64.0 Å². The summed E-state index contributed by atoms with van der Waals surface area (Å²) in [7, 11) is 3.03. The highest BCUT2D eigenvalue weighted by molar-refractivity contribution is 6.10. The lowest BCUT2D eigenvalue weighted by Gasteiger charge is -2.10. The molecule has 0 aliphatic heterocycles. The third-order valence-corrected chi connectivity index (χ3v) is 5.13. The molecule has 0 aliphatic carbocycles. The molecule has 0 fully saturated rings. The number of methoxy groups -OCH3 is 2. The molecule has 2 aromatic rings. The van der Waals surface area contributed by atoms with E-state index in [0.29, 0.717) is 60.4 Å². The lowest BCUT2D eigenvalue weighted by Crippen LogP contribution is -3.00. The van der Waals surface area contributed by atoms with Gasteiger partial charge in [0, 0.05) is 2.85 Å². The number of halogens is 2. The number of carbonyl (C=O) groups excluding carboxylic acids is 2. The molecular weight excluding hydrogens is 575 g/mol. The molecule has 0 amide bonds. The van der Waals surface area contributed by atoms with Gasteiger partial charge >= 0.3 is 0 Å². The van der Waals surface area contributed by atoms with Crippen LogP contribution in [0.2, 0.25) is 0 Å². The Morgan fingerprint density at radius 3 is 1.49 bits per heavy atom. The molecule has 0 saturated carbocycles. The molecule has 0 radical (unpaired) electrons. The van der Waals surface area contributed by atoms with Crippen molar-refractivity contribution in [1.82, 2.24) is 0 Å². The number of quaternary nitrogens is 2. The SMILES string of the molecule is COc1cc(/C=C/C(=O)CC(=O)/C=C/c2ccc(OCC[NH2+]C(=N)N)c(OC)c2)ccc1OCC[NH2+]C(=N)N.[Cl-].[Cl-].[HH].[HH]. The molecule has 0 aliphatic rings. The summed E-state index contributed by atoms with van der Waals surface area (Å²) in [6.45, 7) is 1.66. The van der Waals surface area contributed by atoms with E-state index in [1.165, 1.54) is 26.4 Å². The molecule has 228 valence electrons. The van der Waals surface area contributed by atoms with E-state index in [-0.39, 0.29) is 57.6 Å². The number of carbonyl (C=O) groups is 2.